The number of aromatic nitrogens is 2. The Morgan fingerprint density at radius 3 is 2.50 bits per heavy atom. The van der Waals surface area contributed by atoms with E-state index >= 15 is 0 Å². The van der Waals surface area contributed by atoms with Crippen LogP contribution < -0.4 is 5.73 Å². The van der Waals surface area contributed by atoms with Crippen LogP contribution in [0.25, 0.3) is 11.4 Å². The first-order valence-electron chi connectivity index (χ1n) is 5.47. The second-order valence-electron chi connectivity index (χ2n) is 3.73. The lowest BCUT2D eigenvalue weighted by Gasteiger charge is -2.02. The molecule has 0 aliphatic heterocycles. The lowest BCUT2D eigenvalue weighted by molar-refractivity contribution is -0.384. The third-order valence-electron chi connectivity index (χ3n) is 2.48. The number of benzene rings is 1. The van der Waals surface area contributed by atoms with Crippen molar-refractivity contribution in [2.24, 2.45) is 5.73 Å². The fourth-order valence-electron chi connectivity index (χ4n) is 1.61. The highest BCUT2D eigenvalue weighted by atomic mass is 16.6. The largest absolute Gasteiger partial charge is 0.330 e. The minimum Gasteiger partial charge on any atom is -0.330 e. The first-order valence-corrected chi connectivity index (χ1v) is 5.47. The zero-order valence-electron chi connectivity index (χ0n) is 9.61. The van der Waals surface area contributed by atoms with Gasteiger partial charge in [-0.05, 0) is 24.6 Å². The summed E-state index contributed by atoms with van der Waals surface area (Å²) in [6, 6.07) is 6.41. The molecule has 0 bridgehead atoms. The summed E-state index contributed by atoms with van der Waals surface area (Å²) >= 11 is 0. The molecule has 6 heteroatoms. The fourth-order valence-corrected chi connectivity index (χ4v) is 1.61. The average Bonchev–Trinajstić information content (AvgIpc) is 2.40. The van der Waals surface area contributed by atoms with E-state index in [0.717, 1.165) is 5.56 Å². The zero-order valence-corrected chi connectivity index (χ0v) is 9.61. The van der Waals surface area contributed by atoms with Crippen LogP contribution in [0.15, 0.2) is 36.7 Å². The summed E-state index contributed by atoms with van der Waals surface area (Å²) in [5.41, 5.74) is 6.77. The molecule has 1 aromatic heterocycles. The van der Waals surface area contributed by atoms with Gasteiger partial charge in [-0.3, -0.25) is 10.1 Å². The van der Waals surface area contributed by atoms with Gasteiger partial charge in [0.05, 0.1) is 10.5 Å². The maximum atomic E-state index is 10.9. The molecule has 92 valence electrons. The van der Waals surface area contributed by atoms with Crippen molar-refractivity contribution in [1.82, 2.24) is 9.97 Å². The number of nitrogens with two attached hydrogens (primary N) is 1. The van der Waals surface area contributed by atoms with Crippen LogP contribution in [0.3, 0.4) is 0 Å². The molecular formula is C12H12N4O2. The molecule has 18 heavy (non-hydrogen) atoms. The molecule has 0 saturated heterocycles. The number of rotatable bonds is 4. The maximum Gasteiger partial charge on any atom is 0.280 e. The summed E-state index contributed by atoms with van der Waals surface area (Å²) < 4.78 is 0. The van der Waals surface area contributed by atoms with Crippen molar-refractivity contribution in [3.05, 3.63) is 52.3 Å². The summed E-state index contributed by atoms with van der Waals surface area (Å²) in [6.45, 7) is 0.522. The third kappa shape index (κ3) is 2.49. The Balaban J connectivity index is 2.39. The number of nitro groups is 1. The van der Waals surface area contributed by atoms with Crippen LogP contribution in [0.5, 0.6) is 0 Å². The van der Waals surface area contributed by atoms with Gasteiger partial charge in [-0.25, -0.2) is 9.97 Å². The molecule has 0 saturated carbocycles. The molecule has 2 aromatic rings. The highest BCUT2D eigenvalue weighted by Gasteiger charge is 2.15. The molecule has 0 aliphatic carbocycles. The van der Waals surface area contributed by atoms with E-state index in [4.69, 9.17) is 5.73 Å². The Hall–Kier alpha value is -2.34. The molecule has 1 heterocycles. The van der Waals surface area contributed by atoms with Crippen molar-refractivity contribution in [3.63, 3.8) is 0 Å². The molecule has 0 aliphatic rings. The van der Waals surface area contributed by atoms with Crippen molar-refractivity contribution >= 4 is 5.69 Å². The summed E-state index contributed by atoms with van der Waals surface area (Å²) in [6.07, 6.45) is 3.98. The Morgan fingerprint density at radius 1 is 1.22 bits per heavy atom. The number of para-hydroxylation sites is 1. The predicted octanol–water partition coefficient (Wildman–Crippen LogP) is 1.55. The lowest BCUT2D eigenvalue weighted by atomic mass is 10.1. The van der Waals surface area contributed by atoms with Crippen LogP contribution in [0.2, 0.25) is 0 Å². The average molecular weight is 244 g/mol. The van der Waals surface area contributed by atoms with Crippen LogP contribution in [-0.4, -0.2) is 21.4 Å². The van der Waals surface area contributed by atoms with E-state index in [1.165, 1.54) is 6.07 Å². The minimum absolute atomic E-state index is 0.00377. The summed E-state index contributed by atoms with van der Waals surface area (Å²) in [7, 11) is 0. The molecular weight excluding hydrogens is 232 g/mol. The zero-order chi connectivity index (χ0) is 13.0. The van der Waals surface area contributed by atoms with Gasteiger partial charge in [-0.1, -0.05) is 12.1 Å². The summed E-state index contributed by atoms with van der Waals surface area (Å²) in [4.78, 5) is 18.7. The Labute approximate surface area is 104 Å². The van der Waals surface area contributed by atoms with Gasteiger partial charge in [-0.2, -0.15) is 0 Å². The van der Waals surface area contributed by atoms with E-state index in [2.05, 4.69) is 9.97 Å². The Kier molecular flexibility index (Phi) is 3.59. The first kappa shape index (κ1) is 12.1. The maximum absolute atomic E-state index is 10.9. The third-order valence-corrected chi connectivity index (χ3v) is 2.48. The minimum atomic E-state index is -0.438. The van der Waals surface area contributed by atoms with Crippen molar-refractivity contribution in [2.75, 3.05) is 6.54 Å². The first-order chi connectivity index (χ1) is 8.72. The number of nitrogens with zero attached hydrogens (tertiary/aromatic N) is 3. The van der Waals surface area contributed by atoms with E-state index in [-0.39, 0.29) is 5.69 Å². The summed E-state index contributed by atoms with van der Waals surface area (Å²) in [5, 5.41) is 10.9. The van der Waals surface area contributed by atoms with E-state index in [0.29, 0.717) is 24.4 Å². The monoisotopic (exact) mass is 244 g/mol. The molecule has 6 nitrogen and oxygen atoms in total. The van der Waals surface area contributed by atoms with Crippen molar-refractivity contribution < 1.29 is 4.92 Å². The SMILES string of the molecule is NCCc1cnc(-c2ccccc2[N+](=O)[O-])nc1. The number of hydrogen-bond donors (Lipinski definition) is 1. The van der Waals surface area contributed by atoms with Crippen molar-refractivity contribution in [2.45, 2.75) is 6.42 Å². The normalized spacial score (nSPS) is 10.3. The quantitative estimate of drug-likeness (QED) is 0.650. The highest BCUT2D eigenvalue weighted by Crippen LogP contribution is 2.26. The predicted molar refractivity (Wildman–Crippen MR) is 66.9 cm³/mol. The summed E-state index contributed by atoms with van der Waals surface area (Å²) in [5.74, 6) is 0.350. The van der Waals surface area contributed by atoms with Crippen LogP contribution in [-0.2, 0) is 6.42 Å². The molecule has 0 fully saturated rings. The Morgan fingerprint density at radius 2 is 1.89 bits per heavy atom. The van der Waals surface area contributed by atoms with Crippen LogP contribution in [0, 0.1) is 10.1 Å². The molecule has 2 N–H and O–H groups in total. The molecule has 2 rings (SSSR count). The number of nitro benzene ring substituents is 1. The smallest absolute Gasteiger partial charge is 0.280 e. The van der Waals surface area contributed by atoms with Gasteiger partial charge in [0, 0.05) is 18.5 Å². The molecule has 1 aromatic carbocycles. The second kappa shape index (κ2) is 5.33. The molecule has 0 atom stereocenters. The van der Waals surface area contributed by atoms with Crippen LogP contribution in [0.1, 0.15) is 5.56 Å². The van der Waals surface area contributed by atoms with Gasteiger partial charge in [0.25, 0.3) is 5.69 Å². The number of hydrogen-bond acceptors (Lipinski definition) is 5. The van der Waals surface area contributed by atoms with E-state index < -0.39 is 4.92 Å². The van der Waals surface area contributed by atoms with Gasteiger partial charge in [0.2, 0.25) is 0 Å². The van der Waals surface area contributed by atoms with Crippen LogP contribution >= 0.6 is 0 Å². The molecule has 0 unspecified atom stereocenters. The van der Waals surface area contributed by atoms with Gasteiger partial charge < -0.3 is 5.73 Å². The molecule has 0 radical (unpaired) electrons. The van der Waals surface area contributed by atoms with E-state index in [9.17, 15) is 10.1 Å². The standard InChI is InChI=1S/C12H12N4O2/c13-6-5-9-7-14-12(15-8-9)10-3-1-2-4-11(10)16(17)18/h1-4,7-8H,5-6,13H2. The molecule has 0 spiro atoms. The highest BCUT2D eigenvalue weighted by molar-refractivity contribution is 5.67. The molecule has 0 amide bonds. The lowest BCUT2D eigenvalue weighted by Crippen LogP contribution is -2.04. The van der Waals surface area contributed by atoms with Crippen molar-refractivity contribution in [1.29, 1.82) is 0 Å². The van der Waals surface area contributed by atoms with E-state index in [1.54, 1.807) is 30.6 Å². The Bertz CT molecular complexity index is 554. The van der Waals surface area contributed by atoms with Crippen LogP contribution in [0.4, 0.5) is 5.69 Å². The fraction of sp³-hybridized carbons (Fsp3) is 0.167. The second-order valence-corrected chi connectivity index (χ2v) is 3.73. The van der Waals surface area contributed by atoms with Gasteiger partial charge in [0.15, 0.2) is 5.82 Å². The van der Waals surface area contributed by atoms with Gasteiger partial charge in [-0.15, -0.1) is 0 Å². The topological polar surface area (TPSA) is 94.9 Å². The van der Waals surface area contributed by atoms with Crippen molar-refractivity contribution in [3.8, 4) is 11.4 Å². The van der Waals surface area contributed by atoms with E-state index in [1.807, 2.05) is 0 Å². The van der Waals surface area contributed by atoms with Gasteiger partial charge in [0.1, 0.15) is 0 Å². The van der Waals surface area contributed by atoms with Gasteiger partial charge >= 0.3 is 0 Å².